The summed E-state index contributed by atoms with van der Waals surface area (Å²) in [4.78, 5) is 19.0. The molecule has 3 bridgehead atoms. The second-order valence-electron chi connectivity index (χ2n) is 13.3. The van der Waals surface area contributed by atoms with Gasteiger partial charge < -0.3 is 15.2 Å². The minimum atomic E-state index is 0.274. The van der Waals surface area contributed by atoms with E-state index in [1.165, 1.54) is 54.2 Å². The van der Waals surface area contributed by atoms with Crippen LogP contribution in [0.2, 0.25) is 0 Å². The van der Waals surface area contributed by atoms with Gasteiger partial charge in [-0.1, -0.05) is 41.5 Å². The highest BCUT2D eigenvalue weighted by Crippen LogP contribution is 2.75. The molecule has 1 spiro atoms. The van der Waals surface area contributed by atoms with Crippen LogP contribution in [0.15, 0.2) is 53.8 Å². The molecular formula is C34H47N3O. The maximum absolute atomic E-state index is 13.5. The first-order chi connectivity index (χ1) is 18.4. The number of nitrogens with zero attached hydrogens (tertiary/aromatic N) is 1. The Bertz CT molecular complexity index is 1190. The summed E-state index contributed by atoms with van der Waals surface area (Å²) >= 11 is 0. The van der Waals surface area contributed by atoms with Crippen LogP contribution < -0.4 is 5.32 Å². The van der Waals surface area contributed by atoms with Gasteiger partial charge in [0.05, 0.1) is 0 Å². The summed E-state index contributed by atoms with van der Waals surface area (Å²) in [5.74, 6) is 4.12. The molecule has 4 atom stereocenters. The van der Waals surface area contributed by atoms with Crippen molar-refractivity contribution in [3.8, 4) is 0 Å². The van der Waals surface area contributed by atoms with Gasteiger partial charge in [-0.25, -0.2) is 0 Å². The molecule has 2 N–H and O–H groups in total. The van der Waals surface area contributed by atoms with E-state index < -0.39 is 0 Å². The average Bonchev–Trinajstić information content (AvgIpc) is 3.49. The van der Waals surface area contributed by atoms with E-state index in [1.54, 1.807) is 0 Å². The molecule has 1 amide bonds. The molecule has 38 heavy (non-hydrogen) atoms. The number of carbonyl (C=O) groups excluding carboxylic acids is 1. The smallest absolute Gasteiger partial charge is 0.223 e. The number of allylic oxidation sites excluding steroid dienone is 3. The molecule has 4 fully saturated rings. The fourth-order valence-corrected chi connectivity index (χ4v) is 8.92. The highest BCUT2D eigenvalue weighted by molar-refractivity contribution is 5.84. The lowest BCUT2D eigenvalue weighted by Crippen LogP contribution is -2.47. The molecule has 4 unspecified atom stereocenters. The summed E-state index contributed by atoms with van der Waals surface area (Å²) in [5.41, 5.74) is 5.92. The van der Waals surface area contributed by atoms with Crippen molar-refractivity contribution in [3.05, 3.63) is 59.3 Å². The number of aromatic nitrogens is 1. The minimum Gasteiger partial charge on any atom is -0.361 e. The van der Waals surface area contributed by atoms with Gasteiger partial charge in [0.2, 0.25) is 5.91 Å². The largest absolute Gasteiger partial charge is 0.361 e. The number of aryl methyl sites for hydroxylation is 1. The number of H-pyrrole nitrogens is 1. The zero-order valence-corrected chi connectivity index (χ0v) is 23.8. The molecule has 4 nitrogen and oxygen atoms in total. The summed E-state index contributed by atoms with van der Waals surface area (Å²) in [6.07, 6.45) is 17.6. The number of nitrogens with one attached hydrogen (secondary N) is 2. The molecule has 1 heterocycles. The number of amides is 1. The summed E-state index contributed by atoms with van der Waals surface area (Å²) in [7, 11) is 0. The summed E-state index contributed by atoms with van der Waals surface area (Å²) in [6.45, 7) is 8.98. The van der Waals surface area contributed by atoms with Gasteiger partial charge in [0.1, 0.15) is 0 Å². The Hall–Kier alpha value is -2.33. The maximum atomic E-state index is 13.5. The summed E-state index contributed by atoms with van der Waals surface area (Å²) in [5, 5.41) is 5.24. The Morgan fingerprint density at radius 2 is 1.82 bits per heavy atom. The van der Waals surface area contributed by atoms with Crippen LogP contribution in [0.5, 0.6) is 0 Å². The van der Waals surface area contributed by atoms with Crippen LogP contribution in [0.1, 0.15) is 77.7 Å². The molecule has 6 rings (SSSR count). The first kappa shape index (κ1) is 25.9. The second kappa shape index (κ2) is 10.7. The standard InChI is InChI=1S/C34H47N3O/c1-23(2)7-6-8-24(3)13-15-37(32(38)12-11-25-22-36-31-10-5-4-9-30(25)31)16-14-35-33-26-17-28-19-29-18-27(33)21-34(28,29)20-26/h4-5,7,9-10,13,22,26-29,33,35-36H,6,8,11-12,14-21H2,1-3H3/b24-13+. The molecule has 4 heteroatoms. The van der Waals surface area contributed by atoms with E-state index in [-0.39, 0.29) is 5.91 Å². The number of benzene rings is 1. The fraction of sp³-hybridized carbons (Fsp3) is 0.618. The maximum Gasteiger partial charge on any atom is 0.223 e. The molecule has 0 aliphatic heterocycles. The van der Waals surface area contributed by atoms with Gasteiger partial charge >= 0.3 is 0 Å². The predicted octanol–water partition coefficient (Wildman–Crippen LogP) is 7.04. The average molecular weight is 514 g/mol. The van der Waals surface area contributed by atoms with E-state index in [9.17, 15) is 4.79 Å². The van der Waals surface area contributed by atoms with Gasteiger partial charge in [-0.3, -0.25) is 4.79 Å². The minimum absolute atomic E-state index is 0.274. The number of hydrogen-bond donors (Lipinski definition) is 2. The van der Waals surface area contributed by atoms with Crippen molar-refractivity contribution in [2.75, 3.05) is 19.6 Å². The van der Waals surface area contributed by atoms with Crippen molar-refractivity contribution in [1.29, 1.82) is 0 Å². The third-order valence-corrected chi connectivity index (χ3v) is 10.8. The summed E-state index contributed by atoms with van der Waals surface area (Å²) in [6, 6.07) is 9.08. The molecule has 1 aromatic heterocycles. The zero-order chi connectivity index (χ0) is 26.3. The van der Waals surface area contributed by atoms with Crippen LogP contribution >= 0.6 is 0 Å². The van der Waals surface area contributed by atoms with Crippen LogP contribution in [-0.4, -0.2) is 41.5 Å². The lowest BCUT2D eigenvalue weighted by atomic mass is 9.56. The molecule has 0 radical (unpaired) electrons. The monoisotopic (exact) mass is 513 g/mol. The van der Waals surface area contributed by atoms with Crippen molar-refractivity contribution in [3.63, 3.8) is 0 Å². The van der Waals surface area contributed by atoms with Crippen molar-refractivity contribution >= 4 is 16.8 Å². The highest BCUT2D eigenvalue weighted by atomic mass is 16.2. The quantitative estimate of drug-likeness (QED) is 0.299. The lowest BCUT2D eigenvalue weighted by Gasteiger charge is -2.49. The van der Waals surface area contributed by atoms with E-state index in [0.29, 0.717) is 12.5 Å². The molecule has 2 aromatic rings. The number of aromatic amines is 1. The summed E-state index contributed by atoms with van der Waals surface area (Å²) < 4.78 is 0. The number of para-hydroxylation sites is 1. The molecule has 1 aromatic carbocycles. The first-order valence-corrected chi connectivity index (χ1v) is 15.3. The molecule has 4 saturated carbocycles. The van der Waals surface area contributed by atoms with Crippen LogP contribution in [0.25, 0.3) is 10.9 Å². The number of fused-ring (bicyclic) bond motifs is 3. The first-order valence-electron chi connectivity index (χ1n) is 15.3. The lowest BCUT2D eigenvalue weighted by molar-refractivity contribution is -0.130. The normalized spacial score (nSPS) is 30.9. The van der Waals surface area contributed by atoms with Gasteiger partial charge in [-0.15, -0.1) is 0 Å². The Kier molecular flexibility index (Phi) is 7.28. The van der Waals surface area contributed by atoms with Crippen molar-refractivity contribution in [2.24, 2.45) is 29.1 Å². The Morgan fingerprint density at radius 3 is 2.58 bits per heavy atom. The number of carbonyl (C=O) groups is 1. The highest BCUT2D eigenvalue weighted by Gasteiger charge is 2.68. The molecule has 204 valence electrons. The van der Waals surface area contributed by atoms with Gasteiger partial charge in [-0.05, 0) is 113 Å². The number of hydrogen-bond acceptors (Lipinski definition) is 2. The topological polar surface area (TPSA) is 48.1 Å². The Balaban J connectivity index is 1.07. The SMILES string of the molecule is CC(C)=CCC/C(C)=C/CN(CCNC1C2CC3CC4CC1CC34C2)C(=O)CCc1c[nH]c2ccccc12. The van der Waals surface area contributed by atoms with Gasteiger partial charge in [0.25, 0.3) is 0 Å². The van der Waals surface area contributed by atoms with E-state index in [2.05, 4.69) is 78.6 Å². The zero-order valence-electron chi connectivity index (χ0n) is 23.8. The molecule has 0 saturated heterocycles. The van der Waals surface area contributed by atoms with Gasteiger partial charge in [0, 0.05) is 49.2 Å². The van der Waals surface area contributed by atoms with Crippen LogP contribution in [0.3, 0.4) is 0 Å². The van der Waals surface area contributed by atoms with Crippen LogP contribution in [0, 0.1) is 29.1 Å². The van der Waals surface area contributed by atoms with E-state index in [4.69, 9.17) is 0 Å². The Morgan fingerprint density at radius 1 is 1.05 bits per heavy atom. The molecule has 4 aliphatic rings. The van der Waals surface area contributed by atoms with E-state index >= 15 is 0 Å². The van der Waals surface area contributed by atoms with E-state index in [0.717, 1.165) is 73.5 Å². The van der Waals surface area contributed by atoms with Gasteiger partial charge in [-0.2, -0.15) is 0 Å². The molecular weight excluding hydrogens is 466 g/mol. The Labute approximate surface area is 229 Å². The number of rotatable bonds is 12. The van der Waals surface area contributed by atoms with E-state index in [1.807, 2.05) is 0 Å². The third-order valence-electron chi connectivity index (χ3n) is 10.8. The fourth-order valence-electron chi connectivity index (χ4n) is 8.92. The molecule has 4 aliphatic carbocycles. The van der Waals surface area contributed by atoms with Crippen molar-refractivity contribution in [1.82, 2.24) is 15.2 Å². The second-order valence-corrected chi connectivity index (χ2v) is 13.3. The predicted molar refractivity (Wildman–Crippen MR) is 157 cm³/mol. The van der Waals surface area contributed by atoms with Crippen LogP contribution in [-0.2, 0) is 11.2 Å². The van der Waals surface area contributed by atoms with Gasteiger partial charge in [0.15, 0.2) is 0 Å². The van der Waals surface area contributed by atoms with Crippen molar-refractivity contribution < 1.29 is 4.79 Å². The third kappa shape index (κ3) is 4.90. The van der Waals surface area contributed by atoms with Crippen molar-refractivity contribution in [2.45, 2.75) is 84.6 Å². The van der Waals surface area contributed by atoms with Crippen LogP contribution in [0.4, 0.5) is 0 Å².